The number of benzene rings is 1. The molecule has 1 atom stereocenters. The molecule has 7 heteroatoms. The van der Waals surface area contributed by atoms with Gasteiger partial charge in [0, 0.05) is 17.6 Å². The summed E-state index contributed by atoms with van der Waals surface area (Å²) in [6.07, 6.45) is 0.974. The van der Waals surface area contributed by atoms with Crippen molar-refractivity contribution in [3.63, 3.8) is 0 Å². The van der Waals surface area contributed by atoms with Crippen molar-refractivity contribution in [3.05, 3.63) is 27.7 Å². The molecule has 1 heterocycles. The van der Waals surface area contributed by atoms with Crippen LogP contribution >= 0.6 is 27.5 Å². The van der Waals surface area contributed by atoms with Crippen molar-refractivity contribution in [2.75, 3.05) is 18.4 Å². The molecular weight excluding hydrogens is 360 g/mol. The molecule has 0 aromatic heterocycles. The first-order valence-corrected chi connectivity index (χ1v) is 7.79. The third kappa shape index (κ3) is 3.32. The standard InChI is InChI=1S/C14H16BrClN2O3/c1-2-14(12(19)20)5-6-18(8-14)13(21)17-11-7-9(15)3-4-10(11)16/h3-4,7H,2,5-6,8H2,1H3,(H,17,21)(H,19,20). The summed E-state index contributed by atoms with van der Waals surface area (Å²) in [5.41, 5.74) is -0.335. The number of likely N-dealkylation sites (tertiary alicyclic amines) is 1. The number of hydrogen-bond donors (Lipinski definition) is 2. The van der Waals surface area contributed by atoms with Crippen LogP contribution in [0.25, 0.3) is 0 Å². The lowest BCUT2D eigenvalue weighted by Gasteiger charge is -2.23. The van der Waals surface area contributed by atoms with Crippen LogP contribution in [0.4, 0.5) is 10.5 Å². The van der Waals surface area contributed by atoms with Crippen molar-refractivity contribution >= 4 is 45.2 Å². The van der Waals surface area contributed by atoms with Crippen LogP contribution < -0.4 is 5.32 Å². The Morgan fingerprint density at radius 1 is 1.52 bits per heavy atom. The number of carboxylic acids is 1. The first-order chi connectivity index (χ1) is 9.88. The van der Waals surface area contributed by atoms with Crippen LogP contribution in [0.3, 0.4) is 0 Å². The number of carbonyl (C=O) groups is 2. The maximum atomic E-state index is 12.3. The largest absolute Gasteiger partial charge is 0.481 e. The molecule has 114 valence electrons. The van der Waals surface area contributed by atoms with Crippen LogP contribution in [0.1, 0.15) is 19.8 Å². The number of urea groups is 1. The van der Waals surface area contributed by atoms with Crippen molar-refractivity contribution in [1.29, 1.82) is 0 Å². The van der Waals surface area contributed by atoms with Crippen molar-refractivity contribution in [2.24, 2.45) is 5.41 Å². The third-order valence-electron chi connectivity index (χ3n) is 3.94. The van der Waals surface area contributed by atoms with Crippen LogP contribution in [0.15, 0.2) is 22.7 Å². The number of nitrogens with zero attached hydrogens (tertiary/aromatic N) is 1. The lowest BCUT2D eigenvalue weighted by atomic mass is 9.84. The lowest BCUT2D eigenvalue weighted by Crippen LogP contribution is -2.38. The van der Waals surface area contributed by atoms with Gasteiger partial charge >= 0.3 is 12.0 Å². The predicted molar refractivity (Wildman–Crippen MR) is 84.7 cm³/mol. The smallest absolute Gasteiger partial charge is 0.321 e. The highest BCUT2D eigenvalue weighted by molar-refractivity contribution is 9.10. The molecule has 1 fully saturated rings. The number of hydrogen-bond acceptors (Lipinski definition) is 2. The van der Waals surface area contributed by atoms with Crippen molar-refractivity contribution < 1.29 is 14.7 Å². The average Bonchev–Trinajstić information content (AvgIpc) is 2.89. The number of nitrogens with one attached hydrogen (secondary N) is 1. The van der Waals surface area contributed by atoms with E-state index in [-0.39, 0.29) is 12.6 Å². The quantitative estimate of drug-likeness (QED) is 0.844. The fourth-order valence-corrected chi connectivity index (χ4v) is 2.97. The van der Waals surface area contributed by atoms with Crippen LogP contribution in [-0.4, -0.2) is 35.1 Å². The maximum Gasteiger partial charge on any atom is 0.321 e. The number of rotatable bonds is 3. The Balaban J connectivity index is 2.09. The molecule has 2 amide bonds. The zero-order valence-electron chi connectivity index (χ0n) is 11.5. The minimum Gasteiger partial charge on any atom is -0.481 e. The Morgan fingerprint density at radius 2 is 2.24 bits per heavy atom. The van der Waals surface area contributed by atoms with Gasteiger partial charge in [-0.1, -0.05) is 34.5 Å². The van der Waals surface area contributed by atoms with Gasteiger partial charge in [0.25, 0.3) is 0 Å². The fraction of sp³-hybridized carbons (Fsp3) is 0.429. The van der Waals surface area contributed by atoms with Gasteiger partial charge < -0.3 is 15.3 Å². The topological polar surface area (TPSA) is 69.6 Å². The monoisotopic (exact) mass is 374 g/mol. The van der Waals surface area contributed by atoms with E-state index in [1.807, 2.05) is 6.92 Å². The average molecular weight is 376 g/mol. The molecule has 21 heavy (non-hydrogen) atoms. The van der Waals surface area contributed by atoms with E-state index in [0.717, 1.165) is 4.47 Å². The summed E-state index contributed by atoms with van der Waals surface area (Å²) in [4.78, 5) is 25.2. The third-order valence-corrected chi connectivity index (χ3v) is 4.76. The van der Waals surface area contributed by atoms with Crippen LogP contribution in [0, 0.1) is 5.41 Å². The fourth-order valence-electron chi connectivity index (χ4n) is 2.45. The summed E-state index contributed by atoms with van der Waals surface area (Å²) in [6.45, 7) is 2.48. The molecular formula is C14H16BrClN2O3. The molecule has 1 aromatic rings. The van der Waals surface area contributed by atoms with Gasteiger partial charge in [-0.15, -0.1) is 0 Å². The minimum atomic E-state index is -0.846. The van der Waals surface area contributed by atoms with E-state index >= 15 is 0 Å². The van der Waals surface area contributed by atoms with Crippen molar-refractivity contribution in [2.45, 2.75) is 19.8 Å². The minimum absolute atomic E-state index is 0.219. The van der Waals surface area contributed by atoms with Gasteiger partial charge in [-0.05, 0) is 31.0 Å². The zero-order chi connectivity index (χ0) is 15.6. The van der Waals surface area contributed by atoms with Crippen LogP contribution in [-0.2, 0) is 4.79 Å². The van der Waals surface area contributed by atoms with E-state index in [4.69, 9.17) is 11.6 Å². The zero-order valence-corrected chi connectivity index (χ0v) is 13.9. The SMILES string of the molecule is CCC1(C(=O)O)CCN(C(=O)Nc2cc(Br)ccc2Cl)C1. The molecule has 5 nitrogen and oxygen atoms in total. The second kappa shape index (κ2) is 6.23. The van der Waals surface area contributed by atoms with E-state index in [2.05, 4.69) is 21.2 Å². The summed E-state index contributed by atoms with van der Waals surface area (Å²) in [6, 6.07) is 4.84. The number of anilines is 1. The Morgan fingerprint density at radius 3 is 2.81 bits per heavy atom. The van der Waals surface area contributed by atoms with Gasteiger partial charge in [0.2, 0.25) is 0 Å². The van der Waals surface area contributed by atoms with Crippen LogP contribution in [0.5, 0.6) is 0 Å². The van der Waals surface area contributed by atoms with Gasteiger partial charge in [-0.2, -0.15) is 0 Å². The number of aliphatic carboxylic acids is 1. The molecule has 2 rings (SSSR count). The molecule has 1 aliphatic heterocycles. The van der Waals surface area contributed by atoms with Gasteiger partial charge in [-0.3, -0.25) is 4.79 Å². The molecule has 0 bridgehead atoms. The Kier molecular flexibility index (Phi) is 4.78. The first-order valence-electron chi connectivity index (χ1n) is 6.62. The number of halogens is 2. The second-order valence-corrected chi connectivity index (χ2v) is 6.49. The molecule has 2 N–H and O–H groups in total. The van der Waals surface area contributed by atoms with Gasteiger partial charge in [-0.25, -0.2) is 4.79 Å². The summed E-state index contributed by atoms with van der Waals surface area (Å²) in [7, 11) is 0. The van der Waals surface area contributed by atoms with E-state index in [9.17, 15) is 14.7 Å². The maximum absolute atomic E-state index is 12.3. The van der Waals surface area contributed by atoms with E-state index < -0.39 is 11.4 Å². The van der Waals surface area contributed by atoms with Gasteiger partial charge in [0.1, 0.15) is 0 Å². The Labute approximate surface area is 136 Å². The first kappa shape index (κ1) is 16.1. The molecule has 0 aliphatic carbocycles. The summed E-state index contributed by atoms with van der Waals surface area (Å²) >= 11 is 9.35. The molecule has 0 saturated carbocycles. The van der Waals surface area contributed by atoms with E-state index in [1.165, 1.54) is 4.90 Å². The van der Waals surface area contributed by atoms with Gasteiger partial charge in [0.05, 0.1) is 16.1 Å². The second-order valence-electron chi connectivity index (χ2n) is 5.16. The summed E-state index contributed by atoms with van der Waals surface area (Å²) in [5.74, 6) is -0.846. The highest BCUT2D eigenvalue weighted by atomic mass is 79.9. The molecule has 1 aliphatic rings. The number of carboxylic acid groups (broad SMARTS) is 1. The van der Waals surface area contributed by atoms with Crippen molar-refractivity contribution in [1.82, 2.24) is 4.90 Å². The summed E-state index contributed by atoms with van der Waals surface area (Å²) < 4.78 is 0.803. The number of amides is 2. The summed E-state index contributed by atoms with van der Waals surface area (Å²) in [5, 5.41) is 12.5. The highest BCUT2D eigenvalue weighted by Gasteiger charge is 2.44. The normalized spacial score (nSPS) is 21.4. The predicted octanol–water partition coefficient (Wildman–Crippen LogP) is 3.82. The van der Waals surface area contributed by atoms with E-state index in [0.29, 0.717) is 30.1 Å². The highest BCUT2D eigenvalue weighted by Crippen LogP contribution is 2.35. The Hall–Kier alpha value is -1.27. The molecule has 0 spiro atoms. The molecule has 1 saturated heterocycles. The Bertz CT molecular complexity index is 581. The molecule has 1 aromatic carbocycles. The van der Waals surface area contributed by atoms with Gasteiger partial charge in [0.15, 0.2) is 0 Å². The lowest BCUT2D eigenvalue weighted by molar-refractivity contribution is -0.148. The van der Waals surface area contributed by atoms with E-state index in [1.54, 1.807) is 18.2 Å². The molecule has 0 radical (unpaired) electrons. The van der Waals surface area contributed by atoms with Crippen molar-refractivity contribution in [3.8, 4) is 0 Å². The molecule has 1 unspecified atom stereocenters. The van der Waals surface area contributed by atoms with Crippen LogP contribution in [0.2, 0.25) is 5.02 Å². The number of carbonyl (C=O) groups excluding carboxylic acids is 1.